The van der Waals surface area contributed by atoms with E-state index in [4.69, 9.17) is 4.98 Å². The largest absolute Gasteiger partial charge is 0.356 e. The molecule has 9 nitrogen and oxygen atoms in total. The first-order chi connectivity index (χ1) is 12.6. The van der Waals surface area contributed by atoms with Gasteiger partial charge in [0, 0.05) is 31.2 Å². The van der Waals surface area contributed by atoms with Crippen molar-refractivity contribution in [3.05, 3.63) is 34.4 Å². The van der Waals surface area contributed by atoms with Crippen LogP contribution in [0.25, 0.3) is 0 Å². The number of aromatic nitrogens is 5. The summed E-state index contributed by atoms with van der Waals surface area (Å²) in [5, 5.41) is 8.79. The fourth-order valence-corrected chi connectivity index (χ4v) is 3.58. The van der Waals surface area contributed by atoms with Gasteiger partial charge in [-0.3, -0.25) is 9.78 Å². The molecule has 1 aliphatic heterocycles. The molecule has 138 valence electrons. The maximum atomic E-state index is 12.1. The topological polar surface area (TPSA) is 120 Å². The van der Waals surface area contributed by atoms with Gasteiger partial charge < -0.3 is 10.2 Å². The van der Waals surface area contributed by atoms with Crippen LogP contribution in [0.4, 0.5) is 5.82 Å². The van der Waals surface area contributed by atoms with Gasteiger partial charge in [0.2, 0.25) is 5.82 Å². The van der Waals surface area contributed by atoms with Crippen LogP contribution < -0.4 is 15.9 Å². The maximum absolute atomic E-state index is 12.1. The normalized spacial score (nSPS) is 21.4. The summed E-state index contributed by atoms with van der Waals surface area (Å²) in [5.74, 6) is 2.40. The van der Waals surface area contributed by atoms with Crippen molar-refractivity contribution in [2.45, 2.75) is 44.6 Å². The maximum Gasteiger partial charge on any atom is 0.341 e. The van der Waals surface area contributed by atoms with E-state index in [0.29, 0.717) is 11.8 Å². The molecule has 0 radical (unpaired) electrons. The number of rotatable bonds is 5. The summed E-state index contributed by atoms with van der Waals surface area (Å²) in [7, 11) is 0. The van der Waals surface area contributed by atoms with Crippen LogP contribution in [0.2, 0.25) is 0 Å². The Morgan fingerprint density at radius 3 is 2.92 bits per heavy atom. The third kappa shape index (κ3) is 3.33. The standard InChI is InChI=1S/C17H23N7O2/c1-10(19-16(25)15-21-17(26)23-22-15)12-6-8-24(9-12)13-5-7-18-14(20-13)11-3-2-4-11/h5,7,10-12H,2-4,6,8-9H2,1H3,(H,19,25)(H2,21,22,23,26). The van der Waals surface area contributed by atoms with E-state index in [2.05, 4.69) is 30.4 Å². The highest BCUT2D eigenvalue weighted by Crippen LogP contribution is 2.35. The third-order valence-corrected chi connectivity index (χ3v) is 5.46. The predicted molar refractivity (Wildman–Crippen MR) is 95.1 cm³/mol. The molecule has 1 amide bonds. The summed E-state index contributed by atoms with van der Waals surface area (Å²) in [6.45, 7) is 3.72. The van der Waals surface area contributed by atoms with Gasteiger partial charge in [0.05, 0.1) is 0 Å². The number of hydrogen-bond donors (Lipinski definition) is 3. The van der Waals surface area contributed by atoms with E-state index in [1.165, 1.54) is 19.3 Å². The van der Waals surface area contributed by atoms with E-state index in [1.807, 2.05) is 19.2 Å². The average molecular weight is 357 g/mol. The van der Waals surface area contributed by atoms with Crippen LogP contribution >= 0.6 is 0 Å². The van der Waals surface area contributed by atoms with E-state index in [1.54, 1.807) is 0 Å². The minimum atomic E-state index is -0.485. The number of aromatic amines is 2. The molecule has 1 saturated heterocycles. The number of anilines is 1. The minimum Gasteiger partial charge on any atom is -0.356 e. The molecule has 2 fully saturated rings. The van der Waals surface area contributed by atoms with E-state index < -0.39 is 5.69 Å². The lowest BCUT2D eigenvalue weighted by Gasteiger charge is -2.25. The number of H-pyrrole nitrogens is 2. The van der Waals surface area contributed by atoms with Crippen molar-refractivity contribution in [1.29, 1.82) is 0 Å². The number of hydrogen-bond acceptors (Lipinski definition) is 6. The molecule has 1 aliphatic carbocycles. The number of carbonyl (C=O) groups excluding carboxylic acids is 1. The molecule has 3 N–H and O–H groups in total. The Balaban J connectivity index is 1.37. The highest BCUT2D eigenvalue weighted by molar-refractivity contribution is 5.90. The Bertz CT molecular complexity index is 841. The Labute approximate surface area is 150 Å². The molecule has 4 rings (SSSR count). The summed E-state index contributed by atoms with van der Waals surface area (Å²) >= 11 is 0. The van der Waals surface area contributed by atoms with Crippen LogP contribution in [0.1, 0.15) is 55.0 Å². The van der Waals surface area contributed by atoms with E-state index >= 15 is 0 Å². The smallest absolute Gasteiger partial charge is 0.341 e. The lowest BCUT2D eigenvalue weighted by molar-refractivity contribution is 0.0918. The Kier molecular flexibility index (Phi) is 4.44. The Morgan fingerprint density at radius 2 is 2.23 bits per heavy atom. The van der Waals surface area contributed by atoms with Crippen molar-refractivity contribution in [3.63, 3.8) is 0 Å². The molecular formula is C17H23N7O2. The number of carbonyl (C=O) groups is 1. The van der Waals surface area contributed by atoms with Gasteiger partial charge >= 0.3 is 5.69 Å². The van der Waals surface area contributed by atoms with Crippen LogP contribution in [0.5, 0.6) is 0 Å². The number of nitrogens with zero attached hydrogens (tertiary/aromatic N) is 4. The summed E-state index contributed by atoms with van der Waals surface area (Å²) in [6.07, 6.45) is 6.46. The van der Waals surface area contributed by atoms with Crippen LogP contribution in [0.3, 0.4) is 0 Å². The second kappa shape index (κ2) is 6.89. The molecule has 9 heteroatoms. The molecule has 2 aromatic rings. The van der Waals surface area contributed by atoms with Gasteiger partial charge in [0.25, 0.3) is 5.91 Å². The summed E-state index contributed by atoms with van der Waals surface area (Å²) in [6, 6.07) is 1.93. The van der Waals surface area contributed by atoms with Crippen LogP contribution in [0.15, 0.2) is 17.1 Å². The van der Waals surface area contributed by atoms with Gasteiger partial charge in [-0.25, -0.2) is 19.9 Å². The van der Waals surface area contributed by atoms with Crippen molar-refractivity contribution in [2.75, 3.05) is 18.0 Å². The van der Waals surface area contributed by atoms with Crippen LogP contribution in [0, 0.1) is 5.92 Å². The Hall–Kier alpha value is -2.71. The van der Waals surface area contributed by atoms with Crippen molar-refractivity contribution in [2.24, 2.45) is 5.92 Å². The highest BCUT2D eigenvalue weighted by Gasteiger charge is 2.30. The molecule has 26 heavy (non-hydrogen) atoms. The highest BCUT2D eigenvalue weighted by atomic mass is 16.2. The van der Waals surface area contributed by atoms with E-state index in [0.717, 1.165) is 31.2 Å². The van der Waals surface area contributed by atoms with Gasteiger partial charge in [-0.1, -0.05) is 6.42 Å². The zero-order valence-corrected chi connectivity index (χ0v) is 14.7. The molecule has 2 unspecified atom stereocenters. The van der Waals surface area contributed by atoms with Gasteiger partial charge in [-0.2, -0.15) is 0 Å². The summed E-state index contributed by atoms with van der Waals surface area (Å²) in [4.78, 5) is 37.0. The van der Waals surface area contributed by atoms with Crippen LogP contribution in [-0.2, 0) is 0 Å². The zero-order chi connectivity index (χ0) is 18.1. The zero-order valence-electron chi connectivity index (χ0n) is 14.7. The molecule has 0 bridgehead atoms. The van der Waals surface area contributed by atoms with Crippen molar-refractivity contribution in [1.82, 2.24) is 30.5 Å². The average Bonchev–Trinajstić information content (AvgIpc) is 3.22. The van der Waals surface area contributed by atoms with Crippen molar-refractivity contribution >= 4 is 11.7 Å². The van der Waals surface area contributed by atoms with Gasteiger partial charge in [-0.15, -0.1) is 5.10 Å². The number of amides is 1. The van der Waals surface area contributed by atoms with Gasteiger partial charge in [0.1, 0.15) is 11.6 Å². The third-order valence-electron chi connectivity index (χ3n) is 5.46. The van der Waals surface area contributed by atoms with Crippen molar-refractivity contribution < 1.29 is 4.79 Å². The first kappa shape index (κ1) is 16.7. The first-order valence-corrected chi connectivity index (χ1v) is 9.13. The quantitative estimate of drug-likeness (QED) is 0.728. The lowest BCUT2D eigenvalue weighted by atomic mass is 9.85. The van der Waals surface area contributed by atoms with Crippen LogP contribution in [-0.4, -0.2) is 50.2 Å². The second-order valence-electron chi connectivity index (χ2n) is 7.18. The minimum absolute atomic E-state index is 0.0117. The fourth-order valence-electron chi connectivity index (χ4n) is 3.58. The summed E-state index contributed by atoms with van der Waals surface area (Å²) < 4.78 is 0. The SMILES string of the molecule is CC(NC(=O)c1n[nH]c(=O)[nH]1)C1CCN(c2ccnc(C3CCC3)n2)C1. The molecule has 1 saturated carbocycles. The fraction of sp³-hybridized carbons (Fsp3) is 0.588. The molecule has 3 heterocycles. The lowest BCUT2D eigenvalue weighted by Crippen LogP contribution is -2.40. The molecular weight excluding hydrogens is 334 g/mol. The van der Waals surface area contributed by atoms with Crippen molar-refractivity contribution in [3.8, 4) is 0 Å². The number of nitrogens with one attached hydrogen (secondary N) is 3. The van der Waals surface area contributed by atoms with Gasteiger partial charge in [0.15, 0.2) is 0 Å². The van der Waals surface area contributed by atoms with Gasteiger partial charge in [-0.05, 0) is 38.2 Å². The summed E-state index contributed by atoms with van der Waals surface area (Å²) in [5.41, 5.74) is -0.485. The monoisotopic (exact) mass is 357 g/mol. The molecule has 2 aromatic heterocycles. The molecule has 2 atom stereocenters. The van der Waals surface area contributed by atoms with E-state index in [-0.39, 0.29) is 17.8 Å². The predicted octanol–water partition coefficient (Wildman–Crippen LogP) is 0.800. The second-order valence-corrected chi connectivity index (χ2v) is 7.18. The first-order valence-electron chi connectivity index (χ1n) is 9.13. The molecule has 0 aromatic carbocycles. The molecule has 2 aliphatic rings. The van der Waals surface area contributed by atoms with E-state index in [9.17, 15) is 9.59 Å². The molecule has 0 spiro atoms. The Morgan fingerprint density at radius 1 is 1.38 bits per heavy atom.